The third-order valence-electron chi connectivity index (χ3n) is 4.32. The van der Waals surface area contributed by atoms with E-state index in [9.17, 15) is 25.2 Å². The van der Waals surface area contributed by atoms with Gasteiger partial charge in [0, 0.05) is 11.4 Å². The molecule has 0 bridgehead atoms. The molecule has 0 unspecified atom stereocenters. The Hall–Kier alpha value is -1.27. The molecule has 2 heterocycles. The molecule has 5 atom stereocenters. The molecule has 0 saturated carbocycles. The highest BCUT2D eigenvalue weighted by Gasteiger charge is 2.43. The number of amides is 1. The molecule has 0 aromatic heterocycles. The Morgan fingerprint density at radius 1 is 1.18 bits per heavy atom. The van der Waals surface area contributed by atoms with Crippen molar-refractivity contribution < 1.29 is 34.7 Å². The van der Waals surface area contributed by atoms with Gasteiger partial charge in [-0.15, -0.1) is 23.5 Å². The monoisotopic (exact) mass is 429 g/mol. The van der Waals surface area contributed by atoms with E-state index in [0.29, 0.717) is 28.7 Å². The van der Waals surface area contributed by atoms with E-state index in [1.165, 1.54) is 11.8 Å². The maximum Gasteiger partial charge on any atom is 0.265 e. The van der Waals surface area contributed by atoms with Crippen molar-refractivity contribution in [3.8, 4) is 0 Å². The van der Waals surface area contributed by atoms with E-state index in [-0.39, 0.29) is 11.7 Å². The summed E-state index contributed by atoms with van der Waals surface area (Å²) in [7, 11) is 0. The lowest BCUT2D eigenvalue weighted by molar-refractivity contribution is -0.205. The molecule has 1 aromatic rings. The third-order valence-corrected chi connectivity index (χ3v) is 6.54. The molecular weight excluding hydrogens is 406 g/mol. The van der Waals surface area contributed by atoms with E-state index in [4.69, 9.17) is 9.47 Å². The topological polar surface area (TPSA) is 128 Å². The van der Waals surface area contributed by atoms with Gasteiger partial charge in [-0.25, -0.2) is 0 Å². The van der Waals surface area contributed by atoms with Gasteiger partial charge in [0.2, 0.25) is 0 Å². The average Bonchev–Trinajstić information content (AvgIpc) is 2.72. The summed E-state index contributed by atoms with van der Waals surface area (Å²) in [6, 6.07) is 9.08. The summed E-state index contributed by atoms with van der Waals surface area (Å²) in [5.74, 6) is 1.06. The van der Waals surface area contributed by atoms with Crippen LogP contribution in [-0.4, -0.2) is 80.9 Å². The Labute approximate surface area is 170 Å². The lowest BCUT2D eigenvalue weighted by atomic mass is 10.0. The van der Waals surface area contributed by atoms with Gasteiger partial charge in [-0.2, -0.15) is 0 Å². The molecule has 28 heavy (non-hydrogen) atoms. The summed E-state index contributed by atoms with van der Waals surface area (Å²) in [6.45, 7) is -0.0286. The predicted molar refractivity (Wildman–Crippen MR) is 107 cm³/mol. The lowest BCUT2D eigenvalue weighted by Crippen LogP contribution is -2.57. The van der Waals surface area contributed by atoms with E-state index < -0.39 is 36.5 Å². The van der Waals surface area contributed by atoms with Crippen LogP contribution in [0.2, 0.25) is 0 Å². The van der Waals surface area contributed by atoms with E-state index in [1.807, 2.05) is 18.2 Å². The molecule has 3 rings (SSSR count). The first-order valence-electron chi connectivity index (χ1n) is 8.78. The minimum absolute atomic E-state index is 0.229. The number of carbonyl (C=O) groups excluding carboxylic acids is 1. The number of rotatable bonds is 6. The van der Waals surface area contributed by atoms with Crippen LogP contribution in [0.4, 0.5) is 5.69 Å². The zero-order valence-electron chi connectivity index (χ0n) is 14.9. The number of carbonyl (C=O) groups is 1. The molecule has 0 aliphatic carbocycles. The van der Waals surface area contributed by atoms with Gasteiger partial charge in [-0.1, -0.05) is 18.2 Å². The Balaban J connectivity index is 1.67. The number of hydrogen-bond acceptors (Lipinski definition) is 9. The maximum atomic E-state index is 12.6. The lowest BCUT2D eigenvalue weighted by Gasteiger charge is -2.39. The van der Waals surface area contributed by atoms with Crippen molar-refractivity contribution in [2.24, 2.45) is 0 Å². The minimum Gasteiger partial charge on any atom is -0.495 e. The number of anilines is 1. The van der Waals surface area contributed by atoms with Crippen LogP contribution in [0.25, 0.3) is 0 Å². The van der Waals surface area contributed by atoms with Crippen molar-refractivity contribution in [2.45, 2.75) is 29.9 Å². The van der Waals surface area contributed by atoms with Crippen LogP contribution in [0.15, 0.2) is 41.0 Å². The molecule has 0 radical (unpaired) electrons. The summed E-state index contributed by atoms with van der Waals surface area (Å²) >= 11 is 2.52. The first-order chi connectivity index (χ1) is 13.5. The van der Waals surface area contributed by atoms with Gasteiger partial charge in [0.05, 0.1) is 19.0 Å². The standard InChI is InChI=1S/C18H23NO7S2/c20-8-11-13(21)14(22)15(23)18(26-11)28-9-12-16(27-7-6-25-12)17(24)19-10-4-2-1-3-5-10/h1-5,11,13-15,18,20-23H,6-9H2,(H,19,24)/t11-,13-,14+,15-,18+/m1/s1. The van der Waals surface area contributed by atoms with Gasteiger partial charge in [0.1, 0.15) is 40.5 Å². The van der Waals surface area contributed by atoms with E-state index in [2.05, 4.69) is 5.32 Å². The number of hydrogen-bond donors (Lipinski definition) is 5. The Kier molecular flexibility index (Phi) is 7.63. The second kappa shape index (κ2) is 9.97. The molecule has 2 aliphatic rings. The molecule has 0 spiro atoms. The quantitative estimate of drug-likeness (QED) is 0.429. The van der Waals surface area contributed by atoms with Gasteiger partial charge >= 0.3 is 0 Å². The third kappa shape index (κ3) is 5.01. The van der Waals surface area contributed by atoms with Crippen molar-refractivity contribution in [3.05, 3.63) is 41.0 Å². The Morgan fingerprint density at radius 2 is 1.93 bits per heavy atom. The SMILES string of the molecule is O=C(Nc1ccccc1)C1=C(CS[C@@H]2O[C@H](CO)[C@@H](O)[C@H](O)[C@H]2O)OCCS1. The fourth-order valence-corrected chi connectivity index (χ4v) is 4.89. The molecular formula is C18H23NO7S2. The normalized spacial score (nSPS) is 30.6. The van der Waals surface area contributed by atoms with Crippen LogP contribution < -0.4 is 5.32 Å². The van der Waals surface area contributed by atoms with Crippen LogP contribution in [0, 0.1) is 0 Å². The molecule has 1 saturated heterocycles. The van der Waals surface area contributed by atoms with Crippen molar-refractivity contribution in [3.63, 3.8) is 0 Å². The summed E-state index contributed by atoms with van der Waals surface area (Å²) in [4.78, 5) is 13.1. The van der Waals surface area contributed by atoms with Crippen molar-refractivity contribution >= 4 is 35.1 Å². The number of para-hydroxylation sites is 1. The molecule has 154 valence electrons. The van der Waals surface area contributed by atoms with Gasteiger partial charge in [0.15, 0.2) is 0 Å². The van der Waals surface area contributed by atoms with Crippen molar-refractivity contribution in [1.29, 1.82) is 0 Å². The Morgan fingerprint density at radius 3 is 2.64 bits per heavy atom. The van der Waals surface area contributed by atoms with E-state index >= 15 is 0 Å². The molecule has 1 amide bonds. The highest BCUT2D eigenvalue weighted by Crippen LogP contribution is 2.33. The number of aliphatic hydroxyl groups excluding tert-OH is 4. The fourth-order valence-electron chi connectivity index (χ4n) is 2.83. The number of benzene rings is 1. The number of nitrogens with one attached hydrogen (secondary N) is 1. The molecule has 8 nitrogen and oxygen atoms in total. The van der Waals surface area contributed by atoms with Gasteiger partial charge in [-0.05, 0) is 12.1 Å². The summed E-state index contributed by atoms with van der Waals surface area (Å²) < 4.78 is 11.1. The van der Waals surface area contributed by atoms with Crippen LogP contribution in [0.1, 0.15) is 0 Å². The fraction of sp³-hybridized carbons (Fsp3) is 0.500. The molecule has 1 fully saturated rings. The number of ether oxygens (including phenoxy) is 2. The highest BCUT2D eigenvalue weighted by molar-refractivity contribution is 8.04. The molecule has 10 heteroatoms. The second-order valence-corrected chi connectivity index (χ2v) is 8.47. The number of thioether (sulfide) groups is 2. The smallest absolute Gasteiger partial charge is 0.265 e. The van der Waals surface area contributed by atoms with E-state index in [1.54, 1.807) is 12.1 Å². The van der Waals surface area contributed by atoms with Crippen LogP contribution >= 0.6 is 23.5 Å². The second-order valence-electron chi connectivity index (χ2n) is 6.28. The maximum absolute atomic E-state index is 12.6. The van der Waals surface area contributed by atoms with Gasteiger partial charge in [-0.3, -0.25) is 4.79 Å². The predicted octanol–water partition coefficient (Wildman–Crippen LogP) is 0.133. The Bertz CT molecular complexity index is 700. The summed E-state index contributed by atoms with van der Waals surface area (Å²) in [5, 5.41) is 42.0. The van der Waals surface area contributed by atoms with Crippen molar-refractivity contribution in [1.82, 2.24) is 0 Å². The first-order valence-corrected chi connectivity index (χ1v) is 10.8. The van der Waals surface area contributed by atoms with Crippen molar-refractivity contribution in [2.75, 3.05) is 30.0 Å². The van der Waals surface area contributed by atoms with Gasteiger partial charge in [0.25, 0.3) is 5.91 Å². The van der Waals surface area contributed by atoms with E-state index in [0.717, 1.165) is 11.8 Å². The molecule has 1 aromatic carbocycles. The zero-order valence-corrected chi connectivity index (χ0v) is 16.6. The zero-order chi connectivity index (χ0) is 20.1. The number of aliphatic hydroxyl groups is 4. The average molecular weight is 430 g/mol. The molecule has 5 N–H and O–H groups in total. The largest absolute Gasteiger partial charge is 0.495 e. The summed E-state index contributed by atoms with van der Waals surface area (Å²) in [6.07, 6.45) is -5.13. The van der Waals surface area contributed by atoms with Gasteiger partial charge < -0.3 is 35.2 Å². The minimum atomic E-state index is -1.43. The van der Waals surface area contributed by atoms with Crippen LogP contribution in [-0.2, 0) is 14.3 Å². The molecule has 2 aliphatic heterocycles. The summed E-state index contributed by atoms with van der Waals surface area (Å²) in [5.41, 5.74) is -0.205. The van der Waals surface area contributed by atoms with Crippen LogP contribution in [0.3, 0.4) is 0 Å². The highest BCUT2D eigenvalue weighted by atomic mass is 32.2. The first kappa shape index (κ1) is 21.4. The van der Waals surface area contributed by atoms with Crippen LogP contribution in [0.5, 0.6) is 0 Å².